The fourth-order valence-electron chi connectivity index (χ4n) is 3.56. The first kappa shape index (κ1) is 17.8. The Morgan fingerprint density at radius 2 is 2.04 bits per heavy atom. The van der Waals surface area contributed by atoms with Crippen LogP contribution >= 0.6 is 0 Å². The van der Waals surface area contributed by atoms with Gasteiger partial charge in [-0.05, 0) is 43.3 Å². The van der Waals surface area contributed by atoms with Crippen LogP contribution in [0.3, 0.4) is 0 Å². The molecule has 2 aromatic carbocycles. The predicted molar refractivity (Wildman–Crippen MR) is 93.3 cm³/mol. The van der Waals surface area contributed by atoms with Gasteiger partial charge in [-0.3, -0.25) is 4.90 Å². The number of ether oxygens (including phenoxy) is 3. The summed E-state index contributed by atoms with van der Waals surface area (Å²) >= 11 is 0. The van der Waals surface area contributed by atoms with Gasteiger partial charge in [-0.2, -0.15) is 13.2 Å². The molecule has 2 heterocycles. The maximum atomic E-state index is 13.0. The summed E-state index contributed by atoms with van der Waals surface area (Å²) in [7, 11) is 3.46. The number of fused-ring (bicyclic) bond motifs is 2. The molecule has 1 atom stereocenters. The molecular weight excluding hydrogens is 361 g/mol. The van der Waals surface area contributed by atoms with E-state index in [-0.39, 0.29) is 13.0 Å². The quantitative estimate of drug-likeness (QED) is 0.871. The zero-order valence-electron chi connectivity index (χ0n) is 14.9. The fraction of sp³-hybridized carbons (Fsp3) is 0.368. The lowest BCUT2D eigenvalue weighted by atomic mass is 9.94. The smallest absolute Gasteiger partial charge is 0.416 e. The predicted octanol–water partition coefficient (Wildman–Crippen LogP) is 4.04. The second-order valence-corrected chi connectivity index (χ2v) is 6.57. The van der Waals surface area contributed by atoms with Crippen LogP contribution < -0.4 is 19.5 Å². The highest BCUT2D eigenvalue weighted by atomic mass is 19.4. The van der Waals surface area contributed by atoms with E-state index in [9.17, 15) is 13.2 Å². The van der Waals surface area contributed by atoms with Crippen molar-refractivity contribution in [3.8, 4) is 17.2 Å². The Hall–Kier alpha value is -2.61. The van der Waals surface area contributed by atoms with E-state index in [1.165, 1.54) is 6.07 Å². The highest BCUT2D eigenvalue weighted by Crippen LogP contribution is 2.49. The van der Waals surface area contributed by atoms with Crippen molar-refractivity contribution in [2.45, 2.75) is 18.8 Å². The largest absolute Gasteiger partial charge is 0.492 e. The first-order chi connectivity index (χ1) is 12.9. The summed E-state index contributed by atoms with van der Waals surface area (Å²) in [4.78, 5) is 2.04. The van der Waals surface area contributed by atoms with E-state index in [0.29, 0.717) is 22.9 Å². The van der Waals surface area contributed by atoms with Gasteiger partial charge in [-0.15, -0.1) is 0 Å². The van der Waals surface area contributed by atoms with E-state index in [1.54, 1.807) is 13.2 Å². The SMILES string of the molecule is COc1c2c(cc3c1[C@@H](Nc1cccc(C(F)(F)F)c1)N(C)CC3)OCO2. The van der Waals surface area contributed by atoms with Crippen LogP contribution in [0.25, 0.3) is 0 Å². The molecule has 0 radical (unpaired) electrons. The van der Waals surface area contributed by atoms with Gasteiger partial charge in [-0.1, -0.05) is 6.07 Å². The number of hydrogen-bond donors (Lipinski definition) is 1. The summed E-state index contributed by atoms with van der Waals surface area (Å²) in [5.41, 5.74) is 1.57. The number of benzene rings is 2. The number of likely N-dealkylation sites (N-methyl/N-ethyl adjacent to an activating group) is 1. The van der Waals surface area contributed by atoms with Crippen LogP contribution in [0.2, 0.25) is 0 Å². The van der Waals surface area contributed by atoms with Crippen LogP contribution in [0.4, 0.5) is 18.9 Å². The Morgan fingerprint density at radius 3 is 2.78 bits per heavy atom. The molecule has 0 aromatic heterocycles. The van der Waals surface area contributed by atoms with Crippen LogP contribution in [-0.2, 0) is 12.6 Å². The summed E-state index contributed by atoms with van der Waals surface area (Å²) in [6.45, 7) is 0.864. The molecule has 2 aromatic rings. The number of alkyl halides is 3. The van der Waals surface area contributed by atoms with Crippen LogP contribution in [0, 0.1) is 0 Å². The lowest BCUT2D eigenvalue weighted by Gasteiger charge is -2.36. The van der Waals surface area contributed by atoms with Crippen LogP contribution in [0.1, 0.15) is 22.9 Å². The Balaban J connectivity index is 1.75. The summed E-state index contributed by atoms with van der Waals surface area (Å²) < 4.78 is 55.7. The third-order valence-corrected chi connectivity index (χ3v) is 4.89. The van der Waals surface area contributed by atoms with E-state index in [1.807, 2.05) is 18.0 Å². The molecule has 5 nitrogen and oxygen atoms in total. The third kappa shape index (κ3) is 3.14. The third-order valence-electron chi connectivity index (χ3n) is 4.89. The molecule has 0 fully saturated rings. The van der Waals surface area contributed by atoms with E-state index < -0.39 is 11.7 Å². The minimum atomic E-state index is -4.39. The second kappa shape index (κ2) is 6.53. The van der Waals surface area contributed by atoms with Crippen molar-refractivity contribution in [2.24, 2.45) is 0 Å². The number of rotatable bonds is 3. The summed E-state index contributed by atoms with van der Waals surface area (Å²) in [5.74, 6) is 1.71. The Labute approximate surface area is 154 Å². The van der Waals surface area contributed by atoms with Crippen LogP contribution in [0.15, 0.2) is 30.3 Å². The van der Waals surface area contributed by atoms with Crippen molar-refractivity contribution in [1.82, 2.24) is 4.90 Å². The topological polar surface area (TPSA) is 43.0 Å². The van der Waals surface area contributed by atoms with Crippen molar-refractivity contribution >= 4 is 5.69 Å². The standard InChI is InChI=1S/C19H19F3N2O3/c1-24-7-6-11-8-14-16(27-10-26-14)17(25-2)15(11)18(24)23-13-5-3-4-12(9-13)19(20,21)22/h3-5,8-9,18,23H,6-7,10H2,1-2H3/t18-/m0/s1. The molecule has 0 unspecified atom stereocenters. The fourth-order valence-corrected chi connectivity index (χ4v) is 3.56. The molecule has 1 N–H and O–H groups in total. The van der Waals surface area contributed by atoms with Gasteiger partial charge >= 0.3 is 6.18 Å². The average Bonchev–Trinajstić information content (AvgIpc) is 3.10. The van der Waals surface area contributed by atoms with E-state index in [4.69, 9.17) is 14.2 Å². The van der Waals surface area contributed by atoms with Gasteiger partial charge in [0, 0.05) is 17.8 Å². The van der Waals surface area contributed by atoms with Crippen molar-refractivity contribution in [1.29, 1.82) is 0 Å². The molecule has 144 valence electrons. The number of nitrogens with zero attached hydrogens (tertiary/aromatic N) is 1. The van der Waals surface area contributed by atoms with Gasteiger partial charge in [0.1, 0.15) is 6.17 Å². The van der Waals surface area contributed by atoms with Gasteiger partial charge in [0.15, 0.2) is 11.5 Å². The molecule has 0 amide bonds. The minimum absolute atomic E-state index is 0.121. The zero-order chi connectivity index (χ0) is 19.2. The second-order valence-electron chi connectivity index (χ2n) is 6.57. The van der Waals surface area contributed by atoms with Crippen molar-refractivity contribution in [3.05, 3.63) is 47.0 Å². The van der Waals surface area contributed by atoms with Crippen LogP contribution in [0.5, 0.6) is 17.2 Å². The Bertz CT molecular complexity index is 870. The van der Waals surface area contributed by atoms with Crippen LogP contribution in [-0.4, -0.2) is 32.4 Å². The Morgan fingerprint density at radius 1 is 1.22 bits per heavy atom. The molecule has 2 aliphatic heterocycles. The minimum Gasteiger partial charge on any atom is -0.492 e. The molecular formula is C19H19F3N2O3. The molecule has 27 heavy (non-hydrogen) atoms. The summed E-state index contributed by atoms with van der Waals surface area (Å²) in [6.07, 6.45) is -3.97. The van der Waals surface area contributed by atoms with E-state index >= 15 is 0 Å². The first-order valence-electron chi connectivity index (χ1n) is 8.52. The molecule has 4 rings (SSSR count). The maximum absolute atomic E-state index is 13.0. The number of methoxy groups -OCH3 is 1. The van der Waals surface area contributed by atoms with Gasteiger partial charge < -0.3 is 19.5 Å². The number of nitrogens with one attached hydrogen (secondary N) is 1. The molecule has 0 saturated carbocycles. The van der Waals surface area contributed by atoms with Crippen molar-refractivity contribution < 1.29 is 27.4 Å². The molecule has 2 aliphatic rings. The molecule has 0 saturated heterocycles. The van der Waals surface area contributed by atoms with Gasteiger partial charge in [-0.25, -0.2) is 0 Å². The monoisotopic (exact) mass is 380 g/mol. The van der Waals surface area contributed by atoms with E-state index in [2.05, 4.69) is 5.32 Å². The lowest BCUT2D eigenvalue weighted by molar-refractivity contribution is -0.137. The van der Waals surface area contributed by atoms with Gasteiger partial charge in [0.25, 0.3) is 0 Å². The molecule has 0 bridgehead atoms. The summed E-state index contributed by atoms with van der Waals surface area (Å²) in [5, 5.41) is 3.21. The molecule has 0 aliphatic carbocycles. The first-order valence-corrected chi connectivity index (χ1v) is 8.52. The van der Waals surface area contributed by atoms with Gasteiger partial charge in [0.05, 0.1) is 12.7 Å². The van der Waals surface area contributed by atoms with Crippen molar-refractivity contribution in [2.75, 3.05) is 32.8 Å². The number of halogens is 3. The number of anilines is 1. The van der Waals surface area contributed by atoms with Crippen molar-refractivity contribution in [3.63, 3.8) is 0 Å². The number of hydrogen-bond acceptors (Lipinski definition) is 5. The molecule has 8 heteroatoms. The lowest BCUT2D eigenvalue weighted by Crippen LogP contribution is -2.37. The summed E-state index contributed by atoms with van der Waals surface area (Å²) in [6, 6.07) is 7.11. The normalized spacial score (nSPS) is 18.9. The maximum Gasteiger partial charge on any atom is 0.416 e. The van der Waals surface area contributed by atoms with Gasteiger partial charge in [0.2, 0.25) is 12.5 Å². The van der Waals surface area contributed by atoms with E-state index in [0.717, 1.165) is 36.2 Å². The average molecular weight is 380 g/mol. The highest BCUT2D eigenvalue weighted by Gasteiger charge is 2.35. The highest BCUT2D eigenvalue weighted by molar-refractivity contribution is 5.63. The Kier molecular flexibility index (Phi) is 4.30. The molecule has 0 spiro atoms. The zero-order valence-corrected chi connectivity index (χ0v) is 14.9.